The van der Waals surface area contributed by atoms with Gasteiger partial charge in [-0.05, 0) is 117 Å². The minimum Gasteiger partial charge on any atom is -0.488 e. The van der Waals surface area contributed by atoms with Crippen LogP contribution in [0.1, 0.15) is 88.1 Å². The van der Waals surface area contributed by atoms with Crippen LogP contribution in [0.3, 0.4) is 0 Å². The van der Waals surface area contributed by atoms with E-state index in [0.29, 0.717) is 24.6 Å². The molecule has 294 valence electrons. The Hall–Kier alpha value is -4.26. The lowest BCUT2D eigenvalue weighted by atomic mass is 9.69. The van der Waals surface area contributed by atoms with Gasteiger partial charge in [-0.15, -0.1) is 0 Å². The lowest BCUT2D eigenvalue weighted by molar-refractivity contribution is -0.0501. The fraction of sp³-hybridized carbons (Fsp3) is 0.458. The molecule has 0 N–H and O–H groups in total. The highest BCUT2D eigenvalue weighted by Gasteiger charge is 2.49. The third kappa shape index (κ3) is 9.46. The Labute approximate surface area is 336 Å². The van der Waals surface area contributed by atoms with Gasteiger partial charge >= 0.3 is 0 Å². The molecule has 1 aliphatic heterocycles. The van der Waals surface area contributed by atoms with Gasteiger partial charge in [0, 0.05) is 23.9 Å². The van der Waals surface area contributed by atoms with Crippen LogP contribution in [0.15, 0.2) is 102 Å². The zero-order valence-corrected chi connectivity index (χ0v) is 35.3. The van der Waals surface area contributed by atoms with E-state index >= 15 is 0 Å². The van der Waals surface area contributed by atoms with E-state index in [1.165, 1.54) is 48.9 Å². The van der Waals surface area contributed by atoms with Gasteiger partial charge in [0.1, 0.15) is 12.4 Å². The van der Waals surface area contributed by atoms with Crippen LogP contribution in [0.5, 0.6) is 5.75 Å². The van der Waals surface area contributed by atoms with E-state index in [0.717, 1.165) is 66.0 Å². The zero-order chi connectivity index (χ0) is 39.1. The lowest BCUT2D eigenvalue weighted by Crippen LogP contribution is -2.57. The maximum atomic E-state index is 9.15. The summed E-state index contributed by atoms with van der Waals surface area (Å²) in [6, 6.07) is 36.0. The van der Waals surface area contributed by atoms with Gasteiger partial charge in [-0.3, -0.25) is 0 Å². The van der Waals surface area contributed by atoms with Gasteiger partial charge in [0.05, 0.1) is 29.0 Å². The molecule has 1 aliphatic carbocycles. The summed E-state index contributed by atoms with van der Waals surface area (Å²) in [4.78, 5) is 4.92. The molecule has 8 heteroatoms. The molecule has 1 saturated heterocycles. The highest BCUT2D eigenvalue weighted by Crippen LogP contribution is 2.49. The molecule has 1 aromatic heterocycles. The second-order valence-corrected chi connectivity index (χ2v) is 20.2. The predicted molar refractivity (Wildman–Crippen MR) is 229 cm³/mol. The Balaban J connectivity index is 0.999. The van der Waals surface area contributed by atoms with Gasteiger partial charge in [0.25, 0.3) is 0 Å². The van der Waals surface area contributed by atoms with Crippen LogP contribution in [0, 0.1) is 28.1 Å². The average molecular weight is 769 g/mol. The van der Waals surface area contributed by atoms with Crippen molar-refractivity contribution in [3.63, 3.8) is 0 Å². The minimum absolute atomic E-state index is 0.0299. The summed E-state index contributed by atoms with van der Waals surface area (Å²) in [7, 11) is 2.21. The zero-order valence-electron chi connectivity index (χ0n) is 34.2. The molecule has 1 saturated carbocycles. The number of nitriles is 1. The first-order valence-corrected chi connectivity index (χ1v) is 22.4. The first-order valence-electron chi connectivity index (χ1n) is 20.8. The molecule has 7 rings (SSSR count). The van der Waals surface area contributed by atoms with Crippen LogP contribution in [-0.2, 0) is 24.0 Å². The summed E-state index contributed by atoms with van der Waals surface area (Å²) < 4.78 is 20.0. The number of likely N-dealkylation sites (tertiary alicyclic amines) is 1. The highest BCUT2D eigenvalue weighted by molar-refractivity contribution is 6.80. The quantitative estimate of drug-likeness (QED) is 0.0990. The molecular formula is C48H60N4O3Si. The second-order valence-electron chi connectivity index (χ2n) is 17.8. The third-order valence-electron chi connectivity index (χ3n) is 12.2. The van der Waals surface area contributed by atoms with Crippen LogP contribution >= 0.6 is 0 Å². The number of piperidine rings is 1. The molecule has 56 heavy (non-hydrogen) atoms. The van der Waals surface area contributed by atoms with Crippen LogP contribution in [-0.4, -0.2) is 63.8 Å². The maximum absolute atomic E-state index is 9.15. The lowest BCUT2D eigenvalue weighted by Gasteiger charge is -2.49. The molecule has 7 nitrogen and oxygen atoms in total. The smallest absolute Gasteiger partial charge is 0.240 e. The summed E-state index contributed by atoms with van der Waals surface area (Å²) >= 11 is 0. The van der Waals surface area contributed by atoms with E-state index in [1.807, 2.05) is 24.3 Å². The summed E-state index contributed by atoms with van der Waals surface area (Å²) in [6.07, 6.45) is 9.74. The number of aryl methyl sites for hydroxylation is 1. The van der Waals surface area contributed by atoms with Crippen molar-refractivity contribution in [2.24, 2.45) is 16.7 Å². The average Bonchev–Trinajstić information content (AvgIpc) is 3.85. The van der Waals surface area contributed by atoms with Crippen molar-refractivity contribution in [2.45, 2.75) is 91.4 Å². The molecule has 5 aromatic rings. The van der Waals surface area contributed by atoms with Crippen molar-refractivity contribution in [1.29, 1.82) is 5.26 Å². The summed E-state index contributed by atoms with van der Waals surface area (Å²) in [5.41, 5.74) is 4.75. The Morgan fingerprint density at radius 2 is 1.55 bits per heavy atom. The van der Waals surface area contributed by atoms with Gasteiger partial charge in [-0.2, -0.15) is 5.26 Å². The van der Waals surface area contributed by atoms with E-state index in [-0.39, 0.29) is 16.9 Å². The fourth-order valence-electron chi connectivity index (χ4n) is 9.52. The van der Waals surface area contributed by atoms with Gasteiger partial charge in [0.15, 0.2) is 5.58 Å². The van der Waals surface area contributed by atoms with E-state index in [2.05, 4.69) is 129 Å². The fourth-order valence-corrected chi connectivity index (χ4v) is 12.3. The molecule has 2 fully saturated rings. The third-order valence-corrected chi connectivity index (χ3v) is 14.7. The molecule has 0 amide bonds. The van der Waals surface area contributed by atoms with Crippen molar-refractivity contribution in [2.75, 3.05) is 33.7 Å². The molecule has 0 bridgehead atoms. The Morgan fingerprint density at radius 3 is 2.14 bits per heavy atom. The van der Waals surface area contributed by atoms with Crippen molar-refractivity contribution < 1.29 is 13.7 Å². The topological polar surface area (TPSA) is 74.8 Å². The Bertz CT molecular complexity index is 2000. The van der Waals surface area contributed by atoms with Crippen LogP contribution < -0.4 is 15.1 Å². The van der Waals surface area contributed by atoms with E-state index in [1.54, 1.807) is 0 Å². The number of benzene rings is 4. The van der Waals surface area contributed by atoms with Gasteiger partial charge in [-0.1, -0.05) is 112 Å². The van der Waals surface area contributed by atoms with Crippen molar-refractivity contribution in [3.05, 3.63) is 119 Å². The Morgan fingerprint density at radius 1 is 0.911 bits per heavy atom. The maximum Gasteiger partial charge on any atom is 0.240 e. The van der Waals surface area contributed by atoms with Gasteiger partial charge < -0.3 is 23.5 Å². The van der Waals surface area contributed by atoms with Crippen molar-refractivity contribution >= 4 is 30.4 Å². The van der Waals surface area contributed by atoms with E-state index < -0.39 is 9.04 Å². The van der Waals surface area contributed by atoms with Crippen molar-refractivity contribution in [1.82, 2.24) is 15.0 Å². The minimum atomic E-state index is -1.91. The van der Waals surface area contributed by atoms with Crippen LogP contribution in [0.4, 0.5) is 0 Å². The molecule has 2 heterocycles. The largest absolute Gasteiger partial charge is 0.488 e. The number of nitrogens with zero attached hydrogens (tertiary/aromatic N) is 4. The predicted octanol–water partition coefficient (Wildman–Crippen LogP) is 8.51. The first-order chi connectivity index (χ1) is 27.1. The number of aromatic nitrogens is 1. The Kier molecular flexibility index (Phi) is 12.8. The summed E-state index contributed by atoms with van der Waals surface area (Å²) in [5, 5.41) is 17.6. The standard InChI is InChI=1S/C48H60N4O3Si/c1-47(2,3)46(55-56(39-14-8-6-9-15-39)40-16-10-7-11-17-40)48(28-12-13-29-48)35-52-30-26-36(27-31-52)22-24-43-41-23-25-44(42(33-51(4)5)45(41)54-50-43)53-34-38-20-18-37(32-49)19-21-38/h6-11,14-21,23,25,36,46,56H,12-13,22,24,26-31,33-35H2,1-5H3. The molecule has 2 aliphatic rings. The van der Waals surface area contributed by atoms with E-state index in [9.17, 15) is 0 Å². The SMILES string of the molecule is CN(C)Cc1c(OCc2ccc(C#N)cc2)ccc2c(CCC3CCN(CC4(C(O[SiH](c5ccccc5)c5ccccc5)C(C)(C)C)CCCC4)CC3)noc12. The molecule has 1 atom stereocenters. The number of hydrogen-bond acceptors (Lipinski definition) is 7. The first kappa shape index (κ1) is 40.0. The van der Waals surface area contributed by atoms with Crippen molar-refractivity contribution in [3.8, 4) is 11.8 Å². The van der Waals surface area contributed by atoms with Gasteiger partial charge in [0.2, 0.25) is 9.04 Å². The molecular weight excluding hydrogens is 709 g/mol. The highest BCUT2D eigenvalue weighted by atomic mass is 28.3. The second kappa shape index (κ2) is 17.9. The molecule has 1 unspecified atom stereocenters. The molecule has 0 radical (unpaired) electrons. The normalized spacial score (nSPS) is 17.1. The molecule has 4 aromatic carbocycles. The van der Waals surface area contributed by atoms with E-state index in [4.69, 9.17) is 18.9 Å². The monoisotopic (exact) mass is 768 g/mol. The van der Waals surface area contributed by atoms with Gasteiger partial charge in [-0.25, -0.2) is 0 Å². The van der Waals surface area contributed by atoms with Crippen LogP contribution in [0.2, 0.25) is 0 Å². The number of fused-ring (bicyclic) bond motifs is 1. The number of ether oxygens (including phenoxy) is 1. The van der Waals surface area contributed by atoms with Crippen LogP contribution in [0.25, 0.3) is 11.0 Å². The summed E-state index contributed by atoms with van der Waals surface area (Å²) in [5.74, 6) is 1.49. The number of hydrogen-bond donors (Lipinski definition) is 0. The summed E-state index contributed by atoms with van der Waals surface area (Å²) in [6.45, 7) is 11.8. The number of rotatable bonds is 15. The molecule has 0 spiro atoms.